The van der Waals surface area contributed by atoms with E-state index in [1.54, 1.807) is 0 Å². The molecule has 7 aromatic rings. The van der Waals surface area contributed by atoms with Crippen LogP contribution >= 0.6 is 0 Å². The van der Waals surface area contributed by atoms with Gasteiger partial charge in [-0.25, -0.2) is 4.99 Å². The van der Waals surface area contributed by atoms with Crippen molar-refractivity contribution in [1.29, 1.82) is 5.41 Å². The molecule has 4 heteroatoms. The molecule has 0 saturated heterocycles. The number of nitrogens with zero attached hydrogens (tertiary/aromatic N) is 2. The summed E-state index contributed by atoms with van der Waals surface area (Å²) in [6, 6.07) is 45.4. The summed E-state index contributed by atoms with van der Waals surface area (Å²) in [4.78, 5) is 4.80. The number of amidine groups is 2. The van der Waals surface area contributed by atoms with E-state index in [0.717, 1.165) is 22.2 Å². The van der Waals surface area contributed by atoms with Crippen molar-refractivity contribution in [2.45, 2.75) is 0 Å². The highest BCUT2D eigenvalue weighted by molar-refractivity contribution is 6.28. The summed E-state index contributed by atoms with van der Waals surface area (Å²) in [5.74, 6) is 0.813. The van der Waals surface area contributed by atoms with E-state index in [1.807, 2.05) is 60.7 Å². The second-order valence-corrected chi connectivity index (χ2v) is 9.35. The lowest BCUT2D eigenvalue weighted by Crippen LogP contribution is -2.25. The third-order valence-electron chi connectivity index (χ3n) is 7.08. The highest BCUT2D eigenvalue weighted by Gasteiger charge is 2.18. The number of benzene rings is 6. The summed E-state index contributed by atoms with van der Waals surface area (Å²) < 4.78 is 2.12. The molecule has 0 saturated carbocycles. The minimum absolute atomic E-state index is 0.202. The van der Waals surface area contributed by atoms with Crippen molar-refractivity contribution < 1.29 is 0 Å². The van der Waals surface area contributed by atoms with Crippen LogP contribution in [0.15, 0.2) is 138 Å². The van der Waals surface area contributed by atoms with Crippen LogP contribution < -0.4 is 5.43 Å². The van der Waals surface area contributed by atoms with Crippen LogP contribution in [0.4, 0.5) is 0 Å². The summed E-state index contributed by atoms with van der Waals surface area (Å²) in [6.45, 7) is 0. The number of aromatic nitrogens is 1. The predicted molar refractivity (Wildman–Crippen MR) is 160 cm³/mol. The number of fused-ring (bicyclic) bond motifs is 7. The average molecular weight is 489 g/mol. The summed E-state index contributed by atoms with van der Waals surface area (Å²) >= 11 is 0. The molecule has 2 N–H and O–H groups in total. The fourth-order valence-corrected chi connectivity index (χ4v) is 5.30. The minimum atomic E-state index is 0.202. The highest BCUT2D eigenvalue weighted by atomic mass is 15.4. The molecule has 0 unspecified atom stereocenters. The molecule has 0 bridgehead atoms. The first-order valence-corrected chi connectivity index (χ1v) is 12.7. The molecule has 0 aliphatic rings. The van der Waals surface area contributed by atoms with E-state index < -0.39 is 0 Å². The molecule has 7 rings (SSSR count). The van der Waals surface area contributed by atoms with Gasteiger partial charge in [0.2, 0.25) is 0 Å². The second kappa shape index (κ2) is 9.02. The Morgan fingerprint density at radius 3 is 1.55 bits per heavy atom. The van der Waals surface area contributed by atoms with Gasteiger partial charge in [-0.1, -0.05) is 121 Å². The molecule has 38 heavy (non-hydrogen) atoms. The lowest BCUT2D eigenvalue weighted by atomic mass is 10.00. The fraction of sp³-hybridized carbons (Fsp3) is 0. The molecular weight excluding hydrogens is 464 g/mol. The zero-order valence-electron chi connectivity index (χ0n) is 20.6. The van der Waals surface area contributed by atoms with Gasteiger partial charge in [0.1, 0.15) is 0 Å². The third kappa shape index (κ3) is 3.62. The fourth-order valence-electron chi connectivity index (χ4n) is 5.30. The Balaban J connectivity index is 1.52. The minimum Gasteiger partial charge on any atom is -0.282 e. The van der Waals surface area contributed by atoms with Crippen LogP contribution in [0.1, 0.15) is 11.1 Å². The van der Waals surface area contributed by atoms with Crippen molar-refractivity contribution in [3.05, 3.63) is 145 Å². The monoisotopic (exact) mass is 488 g/mol. The molecule has 1 aromatic heterocycles. The van der Waals surface area contributed by atoms with Crippen molar-refractivity contribution in [3.63, 3.8) is 0 Å². The maximum atomic E-state index is 8.74. The molecule has 4 nitrogen and oxygen atoms in total. The lowest BCUT2D eigenvalue weighted by molar-refractivity contribution is 1.08. The summed E-state index contributed by atoms with van der Waals surface area (Å²) in [6.07, 6.45) is 0. The van der Waals surface area contributed by atoms with E-state index in [9.17, 15) is 0 Å². The van der Waals surface area contributed by atoms with Crippen molar-refractivity contribution in [3.8, 4) is 0 Å². The average Bonchev–Trinajstić information content (AvgIpc) is 3.32. The molecule has 0 spiro atoms. The zero-order chi connectivity index (χ0) is 25.5. The number of rotatable bonds is 3. The quantitative estimate of drug-likeness (QED) is 0.191. The smallest absolute Gasteiger partial charge is 0.154 e. The van der Waals surface area contributed by atoms with Crippen LogP contribution in [0.3, 0.4) is 0 Å². The van der Waals surface area contributed by atoms with E-state index in [4.69, 9.17) is 10.4 Å². The van der Waals surface area contributed by atoms with Gasteiger partial charge in [0.15, 0.2) is 11.7 Å². The molecule has 0 aliphatic carbocycles. The molecule has 6 aromatic carbocycles. The molecule has 0 aliphatic heterocycles. The summed E-state index contributed by atoms with van der Waals surface area (Å²) in [7, 11) is 0. The number of hydrogen-bond acceptors (Lipinski definition) is 1. The van der Waals surface area contributed by atoms with Gasteiger partial charge >= 0.3 is 0 Å². The van der Waals surface area contributed by atoms with E-state index in [1.165, 1.54) is 32.3 Å². The van der Waals surface area contributed by atoms with E-state index >= 15 is 0 Å². The van der Waals surface area contributed by atoms with Gasteiger partial charge in [-0.2, -0.15) is 0 Å². The van der Waals surface area contributed by atoms with Gasteiger partial charge in [-0.15, -0.1) is 0 Å². The Bertz CT molecular complexity index is 1910. The van der Waals surface area contributed by atoms with Gasteiger partial charge in [-0.05, 0) is 33.7 Å². The molecule has 0 radical (unpaired) electrons. The zero-order valence-corrected chi connectivity index (χ0v) is 20.6. The van der Waals surface area contributed by atoms with Gasteiger partial charge in [0.25, 0.3) is 0 Å². The maximum Gasteiger partial charge on any atom is 0.154 e. The van der Waals surface area contributed by atoms with E-state index in [2.05, 4.69) is 82.9 Å². The summed E-state index contributed by atoms with van der Waals surface area (Å²) in [5, 5.41) is 16.0. The first kappa shape index (κ1) is 22.0. The Labute approximate surface area is 220 Å². The topological polar surface area (TPSA) is 53.2 Å². The van der Waals surface area contributed by atoms with Crippen LogP contribution in [0.2, 0.25) is 0 Å². The van der Waals surface area contributed by atoms with Crippen molar-refractivity contribution >= 4 is 55.0 Å². The Morgan fingerprint density at radius 1 is 0.526 bits per heavy atom. The van der Waals surface area contributed by atoms with Crippen LogP contribution in [0.25, 0.3) is 43.4 Å². The SMILES string of the molecule is N=C(N=C(Nn1c2ccc3ccccc3c2c2c3ccccc3ccc21)c1ccccc1)c1ccccc1. The van der Waals surface area contributed by atoms with Crippen LogP contribution in [0.5, 0.6) is 0 Å². The first-order chi connectivity index (χ1) is 18.8. The molecule has 180 valence electrons. The Kier molecular flexibility index (Phi) is 5.22. The third-order valence-corrected chi connectivity index (χ3v) is 7.08. The van der Waals surface area contributed by atoms with Gasteiger partial charge in [0.05, 0.1) is 11.0 Å². The molecule has 0 atom stereocenters. The number of aliphatic imine (C=N–C) groups is 1. The van der Waals surface area contributed by atoms with Crippen LogP contribution in [-0.2, 0) is 0 Å². The van der Waals surface area contributed by atoms with Crippen molar-refractivity contribution in [1.82, 2.24) is 4.68 Å². The van der Waals surface area contributed by atoms with Gasteiger partial charge in [0, 0.05) is 21.9 Å². The molecule has 1 heterocycles. The van der Waals surface area contributed by atoms with Gasteiger partial charge < -0.3 is 0 Å². The molecular formula is C34H24N4. The van der Waals surface area contributed by atoms with Crippen LogP contribution in [0, 0.1) is 5.41 Å². The van der Waals surface area contributed by atoms with E-state index in [-0.39, 0.29) is 5.84 Å². The van der Waals surface area contributed by atoms with Crippen molar-refractivity contribution in [2.75, 3.05) is 5.43 Å². The lowest BCUT2D eigenvalue weighted by Gasteiger charge is -2.15. The number of nitrogens with one attached hydrogen (secondary N) is 2. The second-order valence-electron chi connectivity index (χ2n) is 9.35. The van der Waals surface area contributed by atoms with Gasteiger partial charge in [-0.3, -0.25) is 15.5 Å². The van der Waals surface area contributed by atoms with Crippen LogP contribution in [-0.4, -0.2) is 16.3 Å². The normalized spacial score (nSPS) is 11.9. The molecule has 0 amide bonds. The largest absolute Gasteiger partial charge is 0.282 e. The maximum absolute atomic E-state index is 8.74. The van der Waals surface area contributed by atoms with E-state index in [0.29, 0.717) is 5.84 Å². The number of hydrogen-bond donors (Lipinski definition) is 2. The highest BCUT2D eigenvalue weighted by Crippen LogP contribution is 2.38. The Hall–Kier alpha value is -5.22. The van der Waals surface area contributed by atoms with Crippen molar-refractivity contribution in [2.24, 2.45) is 4.99 Å². The summed E-state index contributed by atoms with van der Waals surface area (Å²) in [5.41, 5.74) is 7.41. The first-order valence-electron chi connectivity index (χ1n) is 12.7. The predicted octanol–water partition coefficient (Wildman–Crippen LogP) is 8.12. The standard InChI is InChI=1S/C34H24N4/c35-33(25-13-3-1-4-14-25)36-34(26-15-5-2-6-16-26)37-38-29-21-19-23-11-7-9-17-27(23)31(29)32-28-18-10-8-12-24(28)20-22-30(32)38/h1-22H,(H2,35,36,37). The Morgan fingerprint density at radius 2 is 1.00 bits per heavy atom. The molecule has 0 fully saturated rings.